The van der Waals surface area contributed by atoms with Crippen molar-refractivity contribution in [3.8, 4) is 0 Å². The lowest BCUT2D eigenvalue weighted by Crippen LogP contribution is -2.43. The predicted octanol–water partition coefficient (Wildman–Crippen LogP) is 2.17. The molecule has 1 N–H and O–H groups in total. The molecule has 2 aliphatic rings. The highest BCUT2D eigenvalue weighted by Gasteiger charge is 2.29. The van der Waals surface area contributed by atoms with Gasteiger partial charge in [0.2, 0.25) is 5.91 Å². The second-order valence-electron chi connectivity index (χ2n) is 6.12. The zero-order valence-corrected chi connectivity index (χ0v) is 11.3. The van der Waals surface area contributed by atoms with Crippen LogP contribution in [-0.2, 0) is 9.59 Å². The molecule has 0 aromatic rings. The van der Waals surface area contributed by atoms with Gasteiger partial charge in [0.05, 0.1) is 0 Å². The number of ketones is 1. The molecular weight excluding hydrogens is 228 g/mol. The number of amides is 1. The molecule has 0 saturated carbocycles. The Morgan fingerprint density at radius 3 is 2.67 bits per heavy atom. The van der Waals surface area contributed by atoms with E-state index in [0.717, 1.165) is 37.9 Å². The van der Waals surface area contributed by atoms with E-state index >= 15 is 0 Å². The number of nitrogens with zero attached hydrogens (tertiary/aromatic N) is 1. The Morgan fingerprint density at radius 2 is 1.94 bits per heavy atom. The maximum atomic E-state index is 11.9. The average Bonchev–Trinajstić information content (AvgIpc) is 2.41. The predicted molar refractivity (Wildman–Crippen MR) is 69.4 cm³/mol. The third kappa shape index (κ3) is 3.34. The summed E-state index contributed by atoms with van der Waals surface area (Å²) in [5, 5.41) is 1.69. The van der Waals surface area contributed by atoms with Gasteiger partial charge in [-0.25, -0.2) is 0 Å². The topological polar surface area (TPSA) is 49.4 Å². The number of rotatable bonds is 2. The quantitative estimate of drug-likeness (QED) is 0.817. The van der Waals surface area contributed by atoms with Crippen LogP contribution >= 0.6 is 0 Å². The largest absolute Gasteiger partial charge is 0.300 e. The summed E-state index contributed by atoms with van der Waals surface area (Å²) in [4.78, 5) is 23.5. The van der Waals surface area contributed by atoms with Crippen molar-refractivity contribution in [1.29, 1.82) is 0 Å². The highest BCUT2D eigenvalue weighted by molar-refractivity contribution is 5.91. The Morgan fingerprint density at radius 1 is 1.17 bits per heavy atom. The standard InChI is InChI=1S/C14H22N2O2/c1-14(2)9-11(8-12(17)10-14)15-16-7-5-3-4-6-13(16)18/h8,15H,3-7,9-10H2,1-2H3. The van der Waals surface area contributed by atoms with Crippen LogP contribution in [0.2, 0.25) is 0 Å². The first-order valence-electron chi connectivity index (χ1n) is 6.77. The van der Waals surface area contributed by atoms with Gasteiger partial charge in [0, 0.05) is 31.2 Å². The second-order valence-corrected chi connectivity index (χ2v) is 6.12. The number of nitrogens with one attached hydrogen (secondary N) is 1. The molecule has 1 aliphatic heterocycles. The summed E-state index contributed by atoms with van der Waals surface area (Å²) in [7, 11) is 0. The fourth-order valence-corrected chi connectivity index (χ4v) is 2.69. The molecule has 0 atom stereocenters. The van der Waals surface area contributed by atoms with Gasteiger partial charge in [0.1, 0.15) is 0 Å². The molecule has 0 spiro atoms. The Hall–Kier alpha value is -1.32. The van der Waals surface area contributed by atoms with Crippen molar-refractivity contribution in [2.24, 2.45) is 5.41 Å². The molecule has 1 amide bonds. The van der Waals surface area contributed by atoms with E-state index in [0.29, 0.717) is 12.8 Å². The minimum Gasteiger partial charge on any atom is -0.300 e. The van der Waals surface area contributed by atoms with Gasteiger partial charge in [-0.15, -0.1) is 0 Å². The normalized spacial score (nSPS) is 24.6. The number of hydrogen-bond acceptors (Lipinski definition) is 3. The number of carbonyl (C=O) groups is 2. The van der Waals surface area contributed by atoms with Crippen molar-refractivity contribution < 1.29 is 9.59 Å². The van der Waals surface area contributed by atoms with E-state index in [-0.39, 0.29) is 17.1 Å². The third-order valence-electron chi connectivity index (χ3n) is 3.51. The number of carbonyl (C=O) groups excluding carboxylic acids is 2. The fraction of sp³-hybridized carbons (Fsp3) is 0.714. The van der Waals surface area contributed by atoms with Crippen molar-refractivity contribution in [1.82, 2.24) is 10.4 Å². The minimum atomic E-state index is -0.0108. The van der Waals surface area contributed by atoms with Crippen LogP contribution in [0.5, 0.6) is 0 Å². The summed E-state index contributed by atoms with van der Waals surface area (Å²) in [5.41, 5.74) is 4.03. The van der Waals surface area contributed by atoms with Gasteiger partial charge in [-0.3, -0.25) is 14.6 Å². The maximum absolute atomic E-state index is 11.9. The molecule has 0 bridgehead atoms. The molecule has 18 heavy (non-hydrogen) atoms. The summed E-state index contributed by atoms with van der Waals surface area (Å²) in [6, 6.07) is 0. The summed E-state index contributed by atoms with van der Waals surface area (Å²) in [5.74, 6) is 0.292. The van der Waals surface area contributed by atoms with E-state index in [1.54, 1.807) is 11.1 Å². The van der Waals surface area contributed by atoms with Gasteiger partial charge in [-0.05, 0) is 24.7 Å². The molecule has 100 valence electrons. The van der Waals surface area contributed by atoms with Gasteiger partial charge < -0.3 is 5.43 Å². The summed E-state index contributed by atoms with van der Waals surface area (Å²) in [6.45, 7) is 4.92. The molecular formula is C14H22N2O2. The van der Waals surface area contributed by atoms with Crippen molar-refractivity contribution in [3.63, 3.8) is 0 Å². The zero-order chi connectivity index (χ0) is 13.2. The van der Waals surface area contributed by atoms with Crippen molar-refractivity contribution in [3.05, 3.63) is 11.8 Å². The summed E-state index contributed by atoms with van der Waals surface area (Å²) in [6.07, 6.45) is 6.78. The van der Waals surface area contributed by atoms with Crippen LogP contribution < -0.4 is 5.43 Å². The van der Waals surface area contributed by atoms with Gasteiger partial charge in [0.25, 0.3) is 0 Å². The van der Waals surface area contributed by atoms with Crippen molar-refractivity contribution >= 4 is 11.7 Å². The molecule has 1 aliphatic carbocycles. The lowest BCUT2D eigenvalue weighted by atomic mass is 9.79. The van der Waals surface area contributed by atoms with Gasteiger partial charge >= 0.3 is 0 Å². The second kappa shape index (κ2) is 5.12. The molecule has 1 saturated heterocycles. The van der Waals surface area contributed by atoms with Crippen molar-refractivity contribution in [2.75, 3.05) is 6.54 Å². The molecule has 0 radical (unpaired) electrons. The number of hydrogen-bond donors (Lipinski definition) is 1. The van der Waals surface area contributed by atoms with Crippen LogP contribution in [0.3, 0.4) is 0 Å². The van der Waals surface area contributed by atoms with Crippen LogP contribution in [0.25, 0.3) is 0 Å². The fourth-order valence-electron chi connectivity index (χ4n) is 2.69. The average molecular weight is 250 g/mol. The van der Waals surface area contributed by atoms with E-state index < -0.39 is 0 Å². The third-order valence-corrected chi connectivity index (χ3v) is 3.51. The Labute approximate surface area is 108 Å². The van der Waals surface area contributed by atoms with E-state index in [2.05, 4.69) is 19.3 Å². The lowest BCUT2D eigenvalue weighted by molar-refractivity contribution is -0.133. The van der Waals surface area contributed by atoms with Crippen LogP contribution in [0.15, 0.2) is 11.8 Å². The minimum absolute atomic E-state index is 0.0108. The first-order valence-corrected chi connectivity index (χ1v) is 6.77. The van der Waals surface area contributed by atoms with E-state index in [4.69, 9.17) is 0 Å². The van der Waals surface area contributed by atoms with Gasteiger partial charge in [-0.2, -0.15) is 0 Å². The zero-order valence-electron chi connectivity index (χ0n) is 11.3. The molecule has 0 aromatic carbocycles. The van der Waals surface area contributed by atoms with Crippen LogP contribution in [0, 0.1) is 5.41 Å². The first kappa shape index (κ1) is 13.1. The smallest absolute Gasteiger partial charge is 0.240 e. The maximum Gasteiger partial charge on any atom is 0.240 e. The highest BCUT2D eigenvalue weighted by atomic mass is 16.2. The lowest BCUT2D eigenvalue weighted by Gasteiger charge is -2.32. The van der Waals surface area contributed by atoms with Gasteiger partial charge in [-0.1, -0.05) is 20.3 Å². The number of hydrazine groups is 1. The molecule has 0 aromatic heterocycles. The van der Waals surface area contributed by atoms with Crippen LogP contribution in [-0.4, -0.2) is 23.2 Å². The van der Waals surface area contributed by atoms with Crippen LogP contribution in [0.4, 0.5) is 0 Å². The Balaban J connectivity index is 2.04. The van der Waals surface area contributed by atoms with E-state index in [1.165, 1.54) is 0 Å². The molecule has 4 nitrogen and oxygen atoms in total. The van der Waals surface area contributed by atoms with E-state index in [9.17, 15) is 9.59 Å². The Kier molecular flexibility index (Phi) is 3.73. The highest BCUT2D eigenvalue weighted by Crippen LogP contribution is 2.32. The molecule has 4 heteroatoms. The first-order chi connectivity index (χ1) is 8.46. The van der Waals surface area contributed by atoms with Crippen molar-refractivity contribution in [2.45, 2.75) is 52.4 Å². The number of allylic oxidation sites excluding steroid dienone is 2. The van der Waals surface area contributed by atoms with Crippen LogP contribution in [0.1, 0.15) is 52.4 Å². The monoisotopic (exact) mass is 250 g/mol. The SMILES string of the molecule is CC1(C)CC(=O)C=C(NN2CCCCCC2=O)C1. The molecule has 0 unspecified atom stereocenters. The molecule has 1 fully saturated rings. The molecule has 2 rings (SSSR count). The van der Waals surface area contributed by atoms with E-state index in [1.807, 2.05) is 0 Å². The Bertz CT molecular complexity index is 385. The van der Waals surface area contributed by atoms with Gasteiger partial charge in [0.15, 0.2) is 5.78 Å². The summed E-state index contributed by atoms with van der Waals surface area (Å²) < 4.78 is 0. The summed E-state index contributed by atoms with van der Waals surface area (Å²) >= 11 is 0. The molecule has 1 heterocycles.